The fourth-order valence-electron chi connectivity index (χ4n) is 2.60. The molecule has 104 valence electrons. The first-order valence-corrected chi connectivity index (χ1v) is 6.86. The Bertz CT molecular complexity index is 481. The number of hydrogen-bond acceptors (Lipinski definition) is 4. The number of aliphatic hydroxyl groups excluding tert-OH is 1. The van der Waals surface area contributed by atoms with E-state index in [1.54, 1.807) is 4.68 Å². The molecule has 3 rings (SSSR count). The first kappa shape index (κ1) is 12.6. The molecule has 1 aromatic heterocycles. The van der Waals surface area contributed by atoms with Crippen molar-refractivity contribution in [3.05, 3.63) is 17.5 Å². The molecule has 6 nitrogen and oxygen atoms in total. The third kappa shape index (κ3) is 2.64. The number of nitrogens with one attached hydrogen (secondary N) is 2. The molecular weight excluding hydrogens is 244 g/mol. The van der Waals surface area contributed by atoms with Crippen LogP contribution in [0.4, 0.5) is 0 Å². The lowest BCUT2D eigenvalue weighted by Crippen LogP contribution is -2.34. The Balaban J connectivity index is 1.59. The zero-order chi connectivity index (χ0) is 13.4. The summed E-state index contributed by atoms with van der Waals surface area (Å²) in [7, 11) is 1.88. The van der Waals surface area contributed by atoms with E-state index < -0.39 is 0 Å². The molecule has 2 fully saturated rings. The first-order valence-electron chi connectivity index (χ1n) is 6.86. The summed E-state index contributed by atoms with van der Waals surface area (Å²) in [5, 5.41) is 19.9. The van der Waals surface area contributed by atoms with Gasteiger partial charge < -0.3 is 15.7 Å². The summed E-state index contributed by atoms with van der Waals surface area (Å²) in [4.78, 5) is 12.0. The number of aryl methyl sites for hydroxylation is 1. The molecule has 2 atom stereocenters. The highest BCUT2D eigenvalue weighted by atomic mass is 16.3. The number of carbonyl (C=O) groups excluding carboxylic acids is 1. The van der Waals surface area contributed by atoms with Gasteiger partial charge in [-0.15, -0.1) is 0 Å². The Morgan fingerprint density at radius 1 is 1.58 bits per heavy atom. The second-order valence-corrected chi connectivity index (χ2v) is 5.55. The minimum atomic E-state index is -0.369. The van der Waals surface area contributed by atoms with E-state index in [9.17, 15) is 9.90 Å². The maximum atomic E-state index is 12.0. The molecule has 0 aromatic carbocycles. The molecule has 0 bridgehead atoms. The molecule has 3 N–H and O–H groups in total. The highest BCUT2D eigenvalue weighted by Crippen LogP contribution is 2.39. The van der Waals surface area contributed by atoms with Crippen LogP contribution in [0.5, 0.6) is 0 Å². The van der Waals surface area contributed by atoms with Crippen LogP contribution in [0, 0.1) is 5.92 Å². The second kappa shape index (κ2) is 4.94. The molecule has 2 heterocycles. The van der Waals surface area contributed by atoms with E-state index in [2.05, 4.69) is 15.7 Å². The third-order valence-corrected chi connectivity index (χ3v) is 3.97. The van der Waals surface area contributed by atoms with Crippen molar-refractivity contribution in [1.29, 1.82) is 0 Å². The Morgan fingerprint density at radius 3 is 3.00 bits per heavy atom. The highest BCUT2D eigenvalue weighted by Gasteiger charge is 2.29. The predicted molar refractivity (Wildman–Crippen MR) is 69.9 cm³/mol. The molecular formula is C13H20N4O2. The third-order valence-electron chi connectivity index (χ3n) is 3.97. The Morgan fingerprint density at radius 2 is 2.37 bits per heavy atom. The minimum absolute atomic E-state index is 0.0931. The second-order valence-electron chi connectivity index (χ2n) is 5.55. The zero-order valence-corrected chi connectivity index (χ0v) is 11.1. The summed E-state index contributed by atoms with van der Waals surface area (Å²) in [6.45, 7) is 1.84. The van der Waals surface area contributed by atoms with Gasteiger partial charge in [0.2, 0.25) is 0 Å². The summed E-state index contributed by atoms with van der Waals surface area (Å²) in [6, 6.07) is 1.89. The standard InChI is InChI=1S/C13H20N4O2/c1-17-11(8-2-3-8)4-10(16-17)13(19)15-6-9-5-14-7-12(9)18/h4,8-9,12,14,18H,2-3,5-7H2,1H3,(H,15,19). The van der Waals surface area contributed by atoms with Gasteiger partial charge in [-0.05, 0) is 18.9 Å². The van der Waals surface area contributed by atoms with Crippen LogP contribution in [-0.4, -0.2) is 46.5 Å². The van der Waals surface area contributed by atoms with Gasteiger partial charge in [-0.3, -0.25) is 9.48 Å². The van der Waals surface area contributed by atoms with Crippen LogP contribution in [0.2, 0.25) is 0 Å². The lowest BCUT2D eigenvalue weighted by molar-refractivity contribution is 0.0921. The van der Waals surface area contributed by atoms with E-state index in [0.29, 0.717) is 24.7 Å². The van der Waals surface area contributed by atoms with Crippen LogP contribution >= 0.6 is 0 Å². The smallest absolute Gasteiger partial charge is 0.271 e. The first-order chi connectivity index (χ1) is 9.15. The van der Waals surface area contributed by atoms with Crippen molar-refractivity contribution in [3.63, 3.8) is 0 Å². The number of aliphatic hydroxyl groups is 1. The van der Waals surface area contributed by atoms with Crippen LogP contribution in [0.3, 0.4) is 0 Å². The number of β-amino-alcohol motifs (C(OH)–C–C–N with tert-alkyl or cyclic N) is 1. The Kier molecular flexibility index (Phi) is 3.28. The van der Waals surface area contributed by atoms with E-state index in [0.717, 1.165) is 12.2 Å². The molecule has 1 aliphatic heterocycles. The van der Waals surface area contributed by atoms with E-state index in [1.165, 1.54) is 12.8 Å². The molecule has 1 aliphatic carbocycles. The maximum absolute atomic E-state index is 12.0. The summed E-state index contributed by atoms with van der Waals surface area (Å²) in [5.41, 5.74) is 1.62. The van der Waals surface area contributed by atoms with Crippen LogP contribution in [0.1, 0.15) is 34.9 Å². The summed E-state index contributed by atoms with van der Waals surface area (Å²) in [6.07, 6.45) is 2.02. The Hall–Kier alpha value is -1.40. The van der Waals surface area contributed by atoms with Crippen LogP contribution in [0.25, 0.3) is 0 Å². The summed E-state index contributed by atoms with van der Waals surface area (Å²) in [5.74, 6) is 0.525. The summed E-state index contributed by atoms with van der Waals surface area (Å²) >= 11 is 0. The van der Waals surface area contributed by atoms with Crippen molar-refractivity contribution in [1.82, 2.24) is 20.4 Å². The van der Waals surface area contributed by atoms with E-state index in [4.69, 9.17) is 0 Å². The van der Waals surface area contributed by atoms with Crippen molar-refractivity contribution >= 4 is 5.91 Å². The molecule has 6 heteroatoms. The van der Waals surface area contributed by atoms with Gasteiger partial charge in [-0.25, -0.2) is 0 Å². The lowest BCUT2D eigenvalue weighted by atomic mass is 10.1. The van der Waals surface area contributed by atoms with Crippen molar-refractivity contribution in [2.45, 2.75) is 24.9 Å². The topological polar surface area (TPSA) is 79.2 Å². The normalized spacial score (nSPS) is 26.6. The number of carbonyl (C=O) groups is 1. The van der Waals surface area contributed by atoms with E-state index in [-0.39, 0.29) is 17.9 Å². The molecule has 1 aromatic rings. The SMILES string of the molecule is Cn1nc(C(=O)NCC2CNCC2O)cc1C1CC1. The lowest BCUT2D eigenvalue weighted by Gasteiger charge is -2.13. The van der Waals surface area contributed by atoms with Gasteiger partial charge in [0, 0.05) is 44.2 Å². The number of hydrogen-bond donors (Lipinski definition) is 3. The number of aromatic nitrogens is 2. The molecule has 0 spiro atoms. The maximum Gasteiger partial charge on any atom is 0.271 e. The highest BCUT2D eigenvalue weighted by molar-refractivity contribution is 5.92. The van der Waals surface area contributed by atoms with Gasteiger partial charge >= 0.3 is 0 Å². The van der Waals surface area contributed by atoms with Gasteiger partial charge in [0.15, 0.2) is 0 Å². The van der Waals surface area contributed by atoms with Gasteiger partial charge in [0.05, 0.1) is 6.10 Å². The van der Waals surface area contributed by atoms with Crippen molar-refractivity contribution in [2.75, 3.05) is 19.6 Å². The summed E-state index contributed by atoms with van der Waals surface area (Å²) < 4.78 is 1.80. The van der Waals surface area contributed by atoms with Crippen LogP contribution < -0.4 is 10.6 Å². The molecule has 2 unspecified atom stereocenters. The van der Waals surface area contributed by atoms with Gasteiger partial charge in [-0.2, -0.15) is 5.10 Å². The van der Waals surface area contributed by atoms with Gasteiger partial charge in [0.1, 0.15) is 5.69 Å². The predicted octanol–water partition coefficient (Wildman–Crippen LogP) is -0.392. The zero-order valence-electron chi connectivity index (χ0n) is 11.1. The van der Waals surface area contributed by atoms with Gasteiger partial charge in [-0.1, -0.05) is 0 Å². The van der Waals surface area contributed by atoms with Crippen molar-refractivity contribution in [3.8, 4) is 0 Å². The molecule has 1 saturated carbocycles. The fourth-order valence-corrected chi connectivity index (χ4v) is 2.60. The van der Waals surface area contributed by atoms with E-state index in [1.807, 2.05) is 13.1 Å². The van der Waals surface area contributed by atoms with Gasteiger partial charge in [0.25, 0.3) is 5.91 Å². The molecule has 19 heavy (non-hydrogen) atoms. The quantitative estimate of drug-likeness (QED) is 0.692. The number of rotatable bonds is 4. The molecule has 1 saturated heterocycles. The van der Waals surface area contributed by atoms with E-state index >= 15 is 0 Å². The van der Waals surface area contributed by atoms with Crippen LogP contribution in [-0.2, 0) is 7.05 Å². The van der Waals surface area contributed by atoms with Crippen molar-refractivity contribution in [2.24, 2.45) is 13.0 Å². The average Bonchev–Trinajstić information content (AvgIpc) is 3.04. The monoisotopic (exact) mass is 264 g/mol. The average molecular weight is 264 g/mol. The molecule has 0 radical (unpaired) electrons. The number of nitrogens with zero attached hydrogens (tertiary/aromatic N) is 2. The van der Waals surface area contributed by atoms with Crippen LogP contribution in [0.15, 0.2) is 6.07 Å². The molecule has 2 aliphatic rings. The fraction of sp³-hybridized carbons (Fsp3) is 0.692. The number of amides is 1. The van der Waals surface area contributed by atoms with Crippen molar-refractivity contribution < 1.29 is 9.90 Å². The Labute approximate surface area is 112 Å². The largest absolute Gasteiger partial charge is 0.391 e. The molecule has 1 amide bonds. The minimum Gasteiger partial charge on any atom is -0.391 e.